The van der Waals surface area contributed by atoms with Crippen molar-refractivity contribution in [2.75, 3.05) is 5.75 Å². The largest absolute Gasteiger partial charge is 0.349 e. The van der Waals surface area contributed by atoms with Gasteiger partial charge in [0.15, 0.2) is 5.16 Å². The average molecular weight is 409 g/mol. The number of hydrogen-bond acceptors (Lipinski definition) is 4. The second kappa shape index (κ2) is 8.16. The van der Waals surface area contributed by atoms with Crippen molar-refractivity contribution >= 4 is 33.6 Å². The topological polar surface area (TPSA) is 59.8 Å². The van der Waals surface area contributed by atoms with Crippen LogP contribution in [-0.2, 0) is 17.8 Å². The molecule has 0 bridgehead atoms. The maximum atomic E-state index is 12.2. The summed E-state index contributed by atoms with van der Waals surface area (Å²) in [6, 6.07) is 7.99. The van der Waals surface area contributed by atoms with Crippen molar-refractivity contribution in [2.24, 2.45) is 0 Å². The Morgan fingerprint density at radius 3 is 2.88 bits per heavy atom. The molecule has 1 atom stereocenters. The molecule has 2 heterocycles. The van der Waals surface area contributed by atoms with Crippen LogP contribution in [0.4, 0.5) is 0 Å². The van der Waals surface area contributed by atoms with Gasteiger partial charge in [-0.1, -0.05) is 46.2 Å². The molecular formula is C17H21BrN4OS. The van der Waals surface area contributed by atoms with Gasteiger partial charge in [0.2, 0.25) is 5.91 Å². The lowest BCUT2D eigenvalue weighted by Gasteiger charge is -2.14. The highest BCUT2D eigenvalue weighted by Crippen LogP contribution is 2.22. The summed E-state index contributed by atoms with van der Waals surface area (Å²) in [6.07, 6.45) is 4.55. The first-order valence-electron chi connectivity index (χ1n) is 8.23. The molecule has 24 heavy (non-hydrogen) atoms. The molecule has 0 aliphatic carbocycles. The molecule has 7 heteroatoms. The number of fused-ring (bicyclic) bond motifs is 1. The van der Waals surface area contributed by atoms with E-state index in [1.165, 1.54) is 24.6 Å². The Morgan fingerprint density at radius 2 is 2.08 bits per heavy atom. The molecule has 2 aromatic rings. The zero-order valence-corrected chi connectivity index (χ0v) is 16.1. The number of thioether (sulfide) groups is 1. The Balaban J connectivity index is 1.54. The summed E-state index contributed by atoms with van der Waals surface area (Å²) in [7, 11) is 0. The van der Waals surface area contributed by atoms with E-state index in [-0.39, 0.29) is 11.9 Å². The standard InChI is InChI=1S/C17H21BrN4OS/c1-12(13-6-8-14(18)9-7-13)19-16(23)11-24-17-21-20-15-5-3-2-4-10-22(15)17/h6-9,12H,2-5,10-11H2,1H3,(H,19,23)/t12-/m1/s1. The van der Waals surface area contributed by atoms with E-state index in [2.05, 4.69) is 36.0 Å². The second-order valence-corrected chi connectivity index (χ2v) is 7.85. The van der Waals surface area contributed by atoms with E-state index >= 15 is 0 Å². The molecule has 1 aromatic heterocycles. The Kier molecular flexibility index (Phi) is 5.94. The molecular weight excluding hydrogens is 388 g/mol. The fraction of sp³-hybridized carbons (Fsp3) is 0.471. The van der Waals surface area contributed by atoms with Crippen molar-refractivity contribution in [3.05, 3.63) is 40.1 Å². The molecule has 0 radical (unpaired) electrons. The number of benzene rings is 1. The van der Waals surface area contributed by atoms with Gasteiger partial charge < -0.3 is 9.88 Å². The van der Waals surface area contributed by atoms with Gasteiger partial charge in [-0.05, 0) is 37.5 Å². The molecule has 0 spiro atoms. The number of carbonyl (C=O) groups excluding carboxylic acids is 1. The third-order valence-electron chi connectivity index (χ3n) is 4.16. The third-order valence-corrected chi connectivity index (χ3v) is 5.65. The molecule has 0 fully saturated rings. The lowest BCUT2D eigenvalue weighted by atomic mass is 10.1. The van der Waals surface area contributed by atoms with E-state index in [4.69, 9.17) is 0 Å². The minimum atomic E-state index is -0.0123. The van der Waals surface area contributed by atoms with Crippen LogP contribution in [0.2, 0.25) is 0 Å². The van der Waals surface area contributed by atoms with Gasteiger partial charge in [0.1, 0.15) is 5.82 Å². The second-order valence-electron chi connectivity index (χ2n) is 5.99. The summed E-state index contributed by atoms with van der Waals surface area (Å²) in [4.78, 5) is 12.2. The summed E-state index contributed by atoms with van der Waals surface area (Å²) in [5.74, 6) is 1.43. The molecule has 3 rings (SSSR count). The zero-order chi connectivity index (χ0) is 16.9. The van der Waals surface area contributed by atoms with E-state index in [0.29, 0.717) is 5.75 Å². The average Bonchev–Trinajstić information content (AvgIpc) is 2.80. The number of aryl methyl sites for hydroxylation is 1. The molecule has 1 amide bonds. The lowest BCUT2D eigenvalue weighted by Crippen LogP contribution is -2.28. The van der Waals surface area contributed by atoms with Crippen LogP contribution in [0.5, 0.6) is 0 Å². The van der Waals surface area contributed by atoms with Gasteiger partial charge in [0.05, 0.1) is 11.8 Å². The number of rotatable bonds is 5. The minimum absolute atomic E-state index is 0.0123. The first kappa shape index (κ1) is 17.5. The van der Waals surface area contributed by atoms with Crippen molar-refractivity contribution in [3.63, 3.8) is 0 Å². The van der Waals surface area contributed by atoms with Crippen LogP contribution in [0.25, 0.3) is 0 Å². The summed E-state index contributed by atoms with van der Waals surface area (Å²) < 4.78 is 3.20. The molecule has 5 nitrogen and oxygen atoms in total. The minimum Gasteiger partial charge on any atom is -0.349 e. The summed E-state index contributed by atoms with van der Waals surface area (Å²) in [5.41, 5.74) is 1.09. The van der Waals surface area contributed by atoms with Crippen molar-refractivity contribution in [1.82, 2.24) is 20.1 Å². The highest BCUT2D eigenvalue weighted by molar-refractivity contribution is 9.10. The van der Waals surface area contributed by atoms with Crippen LogP contribution in [0, 0.1) is 0 Å². The number of halogens is 1. The first-order chi connectivity index (χ1) is 11.6. The quantitative estimate of drug-likeness (QED) is 0.765. The molecule has 1 aliphatic heterocycles. The van der Waals surface area contributed by atoms with E-state index in [0.717, 1.165) is 40.4 Å². The van der Waals surface area contributed by atoms with Gasteiger partial charge >= 0.3 is 0 Å². The normalized spacial score (nSPS) is 15.4. The Bertz CT molecular complexity index is 701. The number of nitrogens with one attached hydrogen (secondary N) is 1. The monoisotopic (exact) mass is 408 g/mol. The molecule has 1 aromatic carbocycles. The van der Waals surface area contributed by atoms with Crippen LogP contribution in [0.15, 0.2) is 33.9 Å². The van der Waals surface area contributed by atoms with Crippen LogP contribution in [-0.4, -0.2) is 26.4 Å². The third kappa shape index (κ3) is 4.39. The summed E-state index contributed by atoms with van der Waals surface area (Å²) >= 11 is 4.89. The van der Waals surface area contributed by atoms with Crippen molar-refractivity contribution in [2.45, 2.75) is 50.4 Å². The maximum absolute atomic E-state index is 12.2. The molecule has 1 aliphatic rings. The highest BCUT2D eigenvalue weighted by Gasteiger charge is 2.17. The van der Waals surface area contributed by atoms with Crippen LogP contribution >= 0.6 is 27.7 Å². The van der Waals surface area contributed by atoms with Gasteiger partial charge in [-0.3, -0.25) is 4.79 Å². The number of amides is 1. The van der Waals surface area contributed by atoms with Gasteiger partial charge in [0, 0.05) is 17.4 Å². The molecule has 0 saturated carbocycles. The Hall–Kier alpha value is -1.34. The smallest absolute Gasteiger partial charge is 0.230 e. The molecule has 1 N–H and O–H groups in total. The van der Waals surface area contributed by atoms with E-state index in [9.17, 15) is 4.79 Å². The van der Waals surface area contributed by atoms with Crippen LogP contribution < -0.4 is 5.32 Å². The highest BCUT2D eigenvalue weighted by atomic mass is 79.9. The Morgan fingerprint density at radius 1 is 1.29 bits per heavy atom. The van der Waals surface area contributed by atoms with E-state index < -0.39 is 0 Å². The Labute approximate surface area is 154 Å². The zero-order valence-electron chi connectivity index (χ0n) is 13.7. The molecule has 128 valence electrons. The summed E-state index contributed by atoms with van der Waals surface area (Å²) in [6.45, 7) is 2.95. The van der Waals surface area contributed by atoms with Crippen molar-refractivity contribution in [3.8, 4) is 0 Å². The fourth-order valence-corrected chi connectivity index (χ4v) is 3.87. The lowest BCUT2D eigenvalue weighted by molar-refractivity contribution is -0.119. The van der Waals surface area contributed by atoms with Gasteiger partial charge in [0.25, 0.3) is 0 Å². The van der Waals surface area contributed by atoms with Crippen LogP contribution in [0.1, 0.15) is 43.6 Å². The predicted molar refractivity (Wildman–Crippen MR) is 99.0 cm³/mol. The SMILES string of the molecule is C[C@@H](NC(=O)CSc1nnc2n1CCCCC2)c1ccc(Br)cc1. The van der Waals surface area contributed by atoms with E-state index in [1.807, 2.05) is 31.2 Å². The van der Waals surface area contributed by atoms with Crippen molar-refractivity contribution in [1.29, 1.82) is 0 Å². The maximum Gasteiger partial charge on any atom is 0.230 e. The summed E-state index contributed by atoms with van der Waals surface area (Å²) in [5, 5.41) is 12.4. The van der Waals surface area contributed by atoms with Gasteiger partial charge in [-0.25, -0.2) is 0 Å². The molecule has 0 unspecified atom stereocenters. The number of hydrogen-bond donors (Lipinski definition) is 1. The molecule has 0 saturated heterocycles. The van der Waals surface area contributed by atoms with Crippen molar-refractivity contribution < 1.29 is 4.79 Å². The first-order valence-corrected chi connectivity index (χ1v) is 10.0. The number of aromatic nitrogens is 3. The number of carbonyl (C=O) groups is 1. The predicted octanol–water partition coefficient (Wildman–Crippen LogP) is 3.74. The van der Waals surface area contributed by atoms with Gasteiger partial charge in [-0.15, -0.1) is 10.2 Å². The fourth-order valence-electron chi connectivity index (χ4n) is 2.81. The van der Waals surface area contributed by atoms with Crippen LogP contribution in [0.3, 0.4) is 0 Å². The number of nitrogens with zero attached hydrogens (tertiary/aromatic N) is 3. The van der Waals surface area contributed by atoms with Gasteiger partial charge in [-0.2, -0.15) is 0 Å². The van der Waals surface area contributed by atoms with E-state index in [1.54, 1.807) is 0 Å².